The average Bonchev–Trinajstić information content (AvgIpc) is 2.78. The van der Waals surface area contributed by atoms with Crippen LogP contribution >= 0.6 is 11.6 Å². The summed E-state index contributed by atoms with van der Waals surface area (Å²) >= 11 is 6.24. The normalized spacial score (nSPS) is 10.7. The highest BCUT2D eigenvalue weighted by Crippen LogP contribution is 2.38. The standard InChI is InChI=1S/C22H26ClN5O3/c1-4-5-14-20-15(9-17(21(14)31-3)28-19(29)10-24)22(27-12-26-20)25-11-13-6-7-18(30-2)16(23)8-13/h6-9,12H,4-5,10-11,24H2,1-3H3,(H,28,29)(H,25,26,27). The number of nitrogens with one attached hydrogen (secondary N) is 2. The minimum absolute atomic E-state index is 0.126. The largest absolute Gasteiger partial charge is 0.495 e. The predicted molar refractivity (Wildman–Crippen MR) is 123 cm³/mol. The SMILES string of the molecule is CCCc1c(OC)c(NC(=O)CN)cc2c(NCc3ccc(OC)c(Cl)c3)ncnc12. The zero-order chi connectivity index (χ0) is 22.4. The van der Waals surface area contributed by atoms with E-state index in [2.05, 4.69) is 27.5 Å². The predicted octanol–water partition coefficient (Wildman–Crippen LogP) is 3.76. The number of nitrogens with two attached hydrogens (primary N) is 1. The van der Waals surface area contributed by atoms with Gasteiger partial charge in [0.1, 0.15) is 23.6 Å². The Balaban J connectivity index is 2.03. The molecule has 0 aliphatic rings. The molecule has 0 atom stereocenters. The summed E-state index contributed by atoms with van der Waals surface area (Å²) in [6, 6.07) is 7.40. The Kier molecular flexibility index (Phi) is 7.49. The highest BCUT2D eigenvalue weighted by molar-refractivity contribution is 6.32. The van der Waals surface area contributed by atoms with Gasteiger partial charge in [0.05, 0.1) is 37.0 Å². The zero-order valence-electron chi connectivity index (χ0n) is 17.8. The molecular formula is C22H26ClN5O3. The molecule has 3 rings (SSSR count). The van der Waals surface area contributed by atoms with Crippen LogP contribution in [0.15, 0.2) is 30.6 Å². The van der Waals surface area contributed by atoms with Crippen LogP contribution in [0.1, 0.15) is 24.5 Å². The van der Waals surface area contributed by atoms with Gasteiger partial charge in [0, 0.05) is 17.5 Å². The third-order valence-corrected chi connectivity index (χ3v) is 5.11. The van der Waals surface area contributed by atoms with Crippen molar-refractivity contribution in [1.82, 2.24) is 9.97 Å². The summed E-state index contributed by atoms with van der Waals surface area (Å²) in [6.07, 6.45) is 3.13. The molecule has 0 fully saturated rings. The van der Waals surface area contributed by atoms with E-state index in [0.29, 0.717) is 34.6 Å². The molecule has 0 aliphatic heterocycles. The second kappa shape index (κ2) is 10.3. The van der Waals surface area contributed by atoms with Gasteiger partial charge >= 0.3 is 0 Å². The molecule has 31 heavy (non-hydrogen) atoms. The number of hydrogen-bond donors (Lipinski definition) is 3. The van der Waals surface area contributed by atoms with Gasteiger partial charge in [-0.15, -0.1) is 0 Å². The summed E-state index contributed by atoms with van der Waals surface area (Å²) < 4.78 is 10.8. The molecule has 0 spiro atoms. The molecule has 1 heterocycles. The number of hydrogen-bond acceptors (Lipinski definition) is 7. The molecule has 0 unspecified atom stereocenters. The maximum Gasteiger partial charge on any atom is 0.238 e. The second-order valence-electron chi connectivity index (χ2n) is 6.88. The van der Waals surface area contributed by atoms with Crippen LogP contribution in [0, 0.1) is 0 Å². The van der Waals surface area contributed by atoms with Crippen molar-refractivity contribution in [3.63, 3.8) is 0 Å². The number of nitrogens with zero attached hydrogens (tertiary/aromatic N) is 2. The minimum atomic E-state index is -0.306. The van der Waals surface area contributed by atoms with Gasteiger partial charge in [-0.3, -0.25) is 4.79 Å². The summed E-state index contributed by atoms with van der Waals surface area (Å²) in [4.78, 5) is 20.9. The molecule has 0 saturated carbocycles. The number of fused-ring (bicyclic) bond motifs is 1. The quantitative estimate of drug-likeness (QED) is 0.461. The monoisotopic (exact) mass is 443 g/mol. The number of carbonyl (C=O) groups is 1. The van der Waals surface area contributed by atoms with E-state index in [4.69, 9.17) is 26.8 Å². The molecular weight excluding hydrogens is 418 g/mol. The number of aromatic nitrogens is 2. The fraction of sp³-hybridized carbons (Fsp3) is 0.318. The Morgan fingerprint density at radius 1 is 1.19 bits per heavy atom. The molecule has 1 amide bonds. The number of anilines is 2. The van der Waals surface area contributed by atoms with Crippen molar-refractivity contribution in [2.45, 2.75) is 26.3 Å². The van der Waals surface area contributed by atoms with Gasteiger partial charge in [-0.05, 0) is 30.2 Å². The van der Waals surface area contributed by atoms with E-state index < -0.39 is 0 Å². The number of halogens is 1. The van der Waals surface area contributed by atoms with Crippen LogP contribution in [0.4, 0.5) is 11.5 Å². The fourth-order valence-electron chi connectivity index (χ4n) is 3.41. The van der Waals surface area contributed by atoms with Gasteiger partial charge in [-0.2, -0.15) is 0 Å². The van der Waals surface area contributed by atoms with Crippen molar-refractivity contribution in [3.8, 4) is 11.5 Å². The average molecular weight is 444 g/mol. The van der Waals surface area contributed by atoms with E-state index in [9.17, 15) is 4.79 Å². The summed E-state index contributed by atoms with van der Waals surface area (Å²) in [5.41, 5.74) is 8.68. The number of rotatable bonds is 9. The van der Waals surface area contributed by atoms with E-state index in [1.165, 1.54) is 6.33 Å². The summed E-state index contributed by atoms with van der Waals surface area (Å²) in [5, 5.41) is 7.48. The third-order valence-electron chi connectivity index (χ3n) is 4.82. The molecule has 3 aromatic rings. The first-order valence-corrected chi connectivity index (χ1v) is 10.3. The van der Waals surface area contributed by atoms with Crippen LogP contribution in [0.5, 0.6) is 11.5 Å². The fourth-order valence-corrected chi connectivity index (χ4v) is 3.69. The molecule has 9 heteroatoms. The minimum Gasteiger partial charge on any atom is -0.495 e. The van der Waals surface area contributed by atoms with Crippen LogP contribution in [-0.2, 0) is 17.8 Å². The van der Waals surface area contributed by atoms with Gasteiger partial charge in [-0.25, -0.2) is 9.97 Å². The van der Waals surface area contributed by atoms with Crippen molar-refractivity contribution in [2.24, 2.45) is 5.73 Å². The van der Waals surface area contributed by atoms with Crippen molar-refractivity contribution < 1.29 is 14.3 Å². The Morgan fingerprint density at radius 3 is 2.65 bits per heavy atom. The van der Waals surface area contributed by atoms with Crippen molar-refractivity contribution >= 4 is 39.9 Å². The lowest BCUT2D eigenvalue weighted by atomic mass is 10.0. The summed E-state index contributed by atoms with van der Waals surface area (Å²) in [6.45, 7) is 2.44. The molecule has 0 bridgehead atoms. The number of amides is 1. The summed E-state index contributed by atoms with van der Waals surface area (Å²) in [5.74, 6) is 1.54. The lowest BCUT2D eigenvalue weighted by Gasteiger charge is -2.18. The Labute approximate surface area is 186 Å². The lowest BCUT2D eigenvalue weighted by molar-refractivity contribution is -0.114. The van der Waals surface area contributed by atoms with Crippen LogP contribution in [0.2, 0.25) is 5.02 Å². The highest BCUT2D eigenvalue weighted by atomic mass is 35.5. The molecule has 164 valence electrons. The van der Waals surface area contributed by atoms with Crippen molar-refractivity contribution in [1.29, 1.82) is 0 Å². The van der Waals surface area contributed by atoms with E-state index in [-0.39, 0.29) is 12.5 Å². The molecule has 8 nitrogen and oxygen atoms in total. The van der Waals surface area contributed by atoms with Gasteiger partial charge in [-0.1, -0.05) is 31.0 Å². The van der Waals surface area contributed by atoms with Gasteiger partial charge in [0.25, 0.3) is 0 Å². The first kappa shape index (κ1) is 22.6. The molecule has 0 saturated heterocycles. The zero-order valence-corrected chi connectivity index (χ0v) is 18.5. The molecule has 2 aromatic carbocycles. The third kappa shape index (κ3) is 4.98. The Hall–Kier alpha value is -3.10. The van der Waals surface area contributed by atoms with Crippen LogP contribution in [0.3, 0.4) is 0 Å². The van der Waals surface area contributed by atoms with Gasteiger partial charge < -0.3 is 25.8 Å². The van der Waals surface area contributed by atoms with Crippen LogP contribution < -0.4 is 25.8 Å². The summed E-state index contributed by atoms with van der Waals surface area (Å²) in [7, 11) is 3.15. The lowest BCUT2D eigenvalue weighted by Crippen LogP contribution is -2.22. The Bertz CT molecular complexity index is 1090. The van der Waals surface area contributed by atoms with Gasteiger partial charge in [0.2, 0.25) is 5.91 Å². The number of ether oxygens (including phenoxy) is 2. The highest BCUT2D eigenvalue weighted by Gasteiger charge is 2.18. The van der Waals surface area contributed by atoms with Crippen LogP contribution in [-0.4, -0.2) is 36.6 Å². The van der Waals surface area contributed by atoms with Crippen molar-refractivity contribution in [3.05, 3.63) is 46.7 Å². The van der Waals surface area contributed by atoms with E-state index in [1.807, 2.05) is 24.3 Å². The maximum absolute atomic E-state index is 12.0. The first-order chi connectivity index (χ1) is 15.0. The first-order valence-electron chi connectivity index (χ1n) is 9.93. The Morgan fingerprint density at radius 2 is 2.00 bits per heavy atom. The van der Waals surface area contributed by atoms with Crippen LogP contribution in [0.25, 0.3) is 10.9 Å². The topological polar surface area (TPSA) is 111 Å². The number of carbonyl (C=O) groups excluding carboxylic acids is 1. The molecule has 4 N–H and O–H groups in total. The van der Waals surface area contributed by atoms with E-state index >= 15 is 0 Å². The molecule has 1 aromatic heterocycles. The van der Waals surface area contributed by atoms with E-state index in [1.54, 1.807) is 14.2 Å². The number of methoxy groups -OCH3 is 2. The molecule has 0 aliphatic carbocycles. The number of benzene rings is 2. The maximum atomic E-state index is 12.0. The second-order valence-corrected chi connectivity index (χ2v) is 7.29. The van der Waals surface area contributed by atoms with Gasteiger partial charge in [0.15, 0.2) is 0 Å². The van der Waals surface area contributed by atoms with E-state index in [0.717, 1.165) is 34.9 Å². The smallest absolute Gasteiger partial charge is 0.238 e. The number of aryl methyl sites for hydroxylation is 1. The molecule has 0 radical (unpaired) electrons. The van der Waals surface area contributed by atoms with Crippen molar-refractivity contribution in [2.75, 3.05) is 31.4 Å².